The fourth-order valence-electron chi connectivity index (χ4n) is 3.62. The van der Waals surface area contributed by atoms with Gasteiger partial charge in [-0.05, 0) is 19.1 Å². The summed E-state index contributed by atoms with van der Waals surface area (Å²) in [6, 6.07) is 7.46. The Morgan fingerprint density at radius 2 is 2.03 bits per heavy atom. The van der Waals surface area contributed by atoms with Gasteiger partial charge in [0, 0.05) is 11.6 Å². The minimum Gasteiger partial charge on any atom is -0.469 e. The molecule has 0 amide bonds. The van der Waals surface area contributed by atoms with Gasteiger partial charge < -0.3 is 34.4 Å². The van der Waals surface area contributed by atoms with E-state index in [1.165, 1.54) is 23.0 Å². The van der Waals surface area contributed by atoms with Gasteiger partial charge in [-0.1, -0.05) is 29.8 Å². The van der Waals surface area contributed by atoms with Crippen LogP contribution in [0.15, 0.2) is 42.6 Å². The number of benzene rings is 1. The number of aliphatic hydroxyl groups excluding tert-OH is 1. The molecule has 0 bridgehead atoms. The van der Waals surface area contributed by atoms with E-state index in [-0.39, 0.29) is 22.5 Å². The van der Waals surface area contributed by atoms with Crippen LogP contribution in [-0.4, -0.2) is 59.3 Å². The highest BCUT2D eigenvalue weighted by atomic mass is 35.5. The van der Waals surface area contributed by atoms with E-state index in [0.717, 1.165) is 0 Å². The second-order valence-electron chi connectivity index (χ2n) is 8.06. The van der Waals surface area contributed by atoms with Gasteiger partial charge in [-0.25, -0.2) is 9.37 Å². The Kier molecular flexibility index (Phi) is 7.57. The van der Waals surface area contributed by atoms with Gasteiger partial charge in [0.1, 0.15) is 17.1 Å². The third-order valence-electron chi connectivity index (χ3n) is 5.23. The molecule has 36 heavy (non-hydrogen) atoms. The second kappa shape index (κ2) is 10.2. The lowest BCUT2D eigenvalue weighted by Gasteiger charge is -2.19. The van der Waals surface area contributed by atoms with E-state index in [4.69, 9.17) is 30.6 Å². The number of pyridine rings is 1. The molecule has 0 spiro atoms. The van der Waals surface area contributed by atoms with Crippen molar-refractivity contribution in [1.82, 2.24) is 14.8 Å². The van der Waals surface area contributed by atoms with Crippen LogP contribution in [0.1, 0.15) is 18.5 Å². The molecule has 1 aromatic carbocycles. The highest BCUT2D eigenvalue weighted by Crippen LogP contribution is 2.55. The number of aliphatic hydroxyl groups is 1. The molecule has 0 aliphatic carbocycles. The zero-order chi connectivity index (χ0) is 26.3. The molecule has 194 valence electrons. The van der Waals surface area contributed by atoms with Crippen LogP contribution in [0.5, 0.6) is 0 Å². The number of nitrogens with one attached hydrogen (secondary N) is 1. The van der Waals surface area contributed by atoms with Gasteiger partial charge in [-0.2, -0.15) is 9.78 Å². The number of hydrogen-bond donors (Lipinski definition) is 5. The van der Waals surface area contributed by atoms with Crippen molar-refractivity contribution in [2.75, 3.05) is 17.8 Å². The van der Waals surface area contributed by atoms with Crippen LogP contribution in [0.2, 0.25) is 5.15 Å². The summed E-state index contributed by atoms with van der Waals surface area (Å²) in [5.41, 5.74) is 1.21. The van der Waals surface area contributed by atoms with Gasteiger partial charge in [-0.15, -0.1) is 0 Å². The van der Waals surface area contributed by atoms with Crippen LogP contribution in [0.4, 0.5) is 10.1 Å². The molecule has 4 rings (SSSR count). The molecule has 0 fully saturated rings. The molecule has 3 aromatic rings. The number of rotatable bonds is 9. The average Bonchev–Trinajstić information content (AvgIpc) is 3.34. The molecule has 5 N–H and O–H groups in total. The molecular weight excluding hydrogens is 541 g/mol. The van der Waals surface area contributed by atoms with Crippen molar-refractivity contribution in [2.45, 2.75) is 25.2 Å². The van der Waals surface area contributed by atoms with Crippen molar-refractivity contribution >= 4 is 49.4 Å². The van der Waals surface area contributed by atoms with Crippen LogP contribution in [0.25, 0.3) is 16.9 Å². The highest BCUT2D eigenvalue weighted by Gasteiger charge is 2.36. The minimum atomic E-state index is -4.80. The van der Waals surface area contributed by atoms with E-state index >= 15 is 0 Å². The Bertz CT molecular complexity index is 1410. The summed E-state index contributed by atoms with van der Waals surface area (Å²) < 4.78 is 48.7. The lowest BCUT2D eigenvalue weighted by Crippen LogP contribution is -2.27. The normalized spacial score (nSPS) is 20.6. The number of halogens is 2. The number of anilines is 1. The maximum Gasteiger partial charge on any atom is 0.340 e. The van der Waals surface area contributed by atoms with Crippen molar-refractivity contribution in [3.63, 3.8) is 0 Å². The first-order valence-corrected chi connectivity index (χ1v) is 14.4. The maximum absolute atomic E-state index is 14.2. The first-order chi connectivity index (χ1) is 16.8. The summed E-state index contributed by atoms with van der Waals surface area (Å²) in [7, 11) is -9.43. The Labute approximate surface area is 209 Å². The summed E-state index contributed by atoms with van der Waals surface area (Å²) in [6.45, 7) is 1.15. The largest absolute Gasteiger partial charge is 0.469 e. The lowest BCUT2D eigenvalue weighted by atomic mass is 10.1. The Morgan fingerprint density at radius 1 is 1.31 bits per heavy atom. The molecule has 1 aliphatic heterocycles. The zero-order valence-corrected chi connectivity index (χ0v) is 21.1. The molecule has 3 heterocycles. The number of ether oxygens (including phenoxy) is 1. The smallest absolute Gasteiger partial charge is 0.340 e. The molecular formula is C20H22ClFN4O8P2. The van der Waals surface area contributed by atoms with Crippen LogP contribution in [0, 0.1) is 5.82 Å². The van der Waals surface area contributed by atoms with E-state index in [2.05, 4.69) is 15.4 Å². The van der Waals surface area contributed by atoms with Crippen molar-refractivity contribution in [3.05, 3.63) is 59.1 Å². The van der Waals surface area contributed by atoms with Gasteiger partial charge in [-0.3, -0.25) is 9.13 Å². The van der Waals surface area contributed by atoms with Gasteiger partial charge in [0.05, 0.1) is 29.9 Å². The van der Waals surface area contributed by atoms with E-state index < -0.39 is 46.0 Å². The maximum atomic E-state index is 14.2. The predicted octanol–water partition coefficient (Wildman–Crippen LogP) is 3.29. The third kappa shape index (κ3) is 6.13. The highest BCUT2D eigenvalue weighted by molar-refractivity contribution is 7.70. The molecule has 0 saturated heterocycles. The van der Waals surface area contributed by atoms with Gasteiger partial charge in [0.25, 0.3) is 0 Å². The second-order valence-corrected chi connectivity index (χ2v) is 12.4. The topological polar surface area (TPSA) is 176 Å². The first-order valence-electron chi connectivity index (χ1n) is 10.5. The number of aromatic nitrogens is 3. The Balaban J connectivity index is 1.53. The Morgan fingerprint density at radius 3 is 2.72 bits per heavy atom. The number of fused-ring (bicyclic) bond motifs is 1. The van der Waals surface area contributed by atoms with Crippen LogP contribution in [-0.2, 0) is 18.4 Å². The number of nitrogens with zero attached hydrogens (tertiary/aromatic N) is 3. The van der Waals surface area contributed by atoms with Gasteiger partial charge >= 0.3 is 15.2 Å². The SMILES string of the molecule is C[C@H](Nc1cc(Cl)nc2c1cnn2C1=C[C@H](O)C(COP(=O)(O)CP(=O)(O)O)O1)c1ccccc1F. The molecule has 0 saturated carbocycles. The lowest BCUT2D eigenvalue weighted by molar-refractivity contribution is 0.0299. The van der Waals surface area contributed by atoms with Crippen LogP contribution < -0.4 is 5.32 Å². The van der Waals surface area contributed by atoms with Crippen LogP contribution >= 0.6 is 26.8 Å². The van der Waals surface area contributed by atoms with Crippen molar-refractivity contribution in [1.29, 1.82) is 0 Å². The molecule has 12 nitrogen and oxygen atoms in total. The van der Waals surface area contributed by atoms with E-state index in [0.29, 0.717) is 16.6 Å². The van der Waals surface area contributed by atoms with E-state index in [9.17, 15) is 23.5 Å². The monoisotopic (exact) mass is 562 g/mol. The molecule has 2 aromatic heterocycles. The molecule has 16 heteroatoms. The van der Waals surface area contributed by atoms with Crippen molar-refractivity contribution in [2.24, 2.45) is 0 Å². The van der Waals surface area contributed by atoms with Gasteiger partial charge in [0.2, 0.25) is 5.88 Å². The molecule has 4 atom stereocenters. The first kappa shape index (κ1) is 26.7. The summed E-state index contributed by atoms with van der Waals surface area (Å²) >= 11 is 6.21. The molecule has 0 radical (unpaired) electrons. The molecule has 1 aliphatic rings. The Hall–Kier alpha value is -2.34. The summed E-state index contributed by atoms with van der Waals surface area (Å²) in [4.78, 5) is 31.7. The summed E-state index contributed by atoms with van der Waals surface area (Å²) in [5, 5.41) is 18.3. The van der Waals surface area contributed by atoms with Crippen LogP contribution in [0.3, 0.4) is 0 Å². The van der Waals surface area contributed by atoms with Gasteiger partial charge in [0.15, 0.2) is 17.7 Å². The summed E-state index contributed by atoms with van der Waals surface area (Å²) in [6.07, 6.45) is 0.294. The zero-order valence-electron chi connectivity index (χ0n) is 18.6. The fraction of sp³-hybridized carbons (Fsp3) is 0.300. The minimum absolute atomic E-state index is 0.0247. The quantitative estimate of drug-likeness (QED) is 0.191. The fourth-order valence-corrected chi connectivity index (χ4v) is 6.38. The third-order valence-corrected chi connectivity index (χ3v) is 8.88. The van der Waals surface area contributed by atoms with E-state index in [1.807, 2.05) is 0 Å². The van der Waals surface area contributed by atoms with Crippen molar-refractivity contribution in [3.8, 4) is 0 Å². The number of hydrogen-bond acceptors (Lipinski definition) is 8. The standard InChI is InChI=1S/C20H22ClFN4O8P2/c1-11(12-4-2-3-5-14(12)22)24-15-6-18(21)25-20-13(15)8-23-26(20)19-7-16(27)17(34-19)9-33-36(31,32)10-35(28,29)30/h2-8,11,16-17,27H,9-10H2,1H3,(H,24,25)(H,31,32)(H2,28,29,30)/t11-,16-,17?/m0/s1. The average molecular weight is 563 g/mol. The van der Waals surface area contributed by atoms with Crippen molar-refractivity contribution < 1.29 is 42.6 Å². The summed E-state index contributed by atoms with van der Waals surface area (Å²) in [5.74, 6) is -1.71. The van der Waals surface area contributed by atoms with E-state index in [1.54, 1.807) is 31.2 Å². The molecule has 2 unspecified atom stereocenters. The predicted molar refractivity (Wildman–Crippen MR) is 129 cm³/mol.